The van der Waals surface area contributed by atoms with Crippen LogP contribution in [0, 0.1) is 17.2 Å². The van der Waals surface area contributed by atoms with Crippen LogP contribution >= 0.6 is 15.9 Å². The maximum atomic E-state index is 8.49. The Hall–Kier alpha value is -0.0700. The van der Waals surface area contributed by atoms with Gasteiger partial charge in [-0.05, 0) is 6.42 Å². The van der Waals surface area contributed by atoms with Gasteiger partial charge in [-0.2, -0.15) is 5.26 Å². The number of alkyl halides is 1. The van der Waals surface area contributed by atoms with Gasteiger partial charge in [0.25, 0.3) is 0 Å². The van der Waals surface area contributed by atoms with Crippen molar-refractivity contribution in [3.05, 3.63) is 0 Å². The number of hydrogen-bond donors (Lipinski definition) is 0. The molecule has 1 rings (SSSR count). The molecule has 0 N–H and O–H groups in total. The van der Waals surface area contributed by atoms with Gasteiger partial charge >= 0.3 is 0 Å². The molecule has 0 aromatic carbocycles. The Labute approximate surface area is 63.6 Å². The van der Waals surface area contributed by atoms with Crippen LogP contribution in [0.25, 0.3) is 0 Å². The van der Waals surface area contributed by atoms with E-state index >= 15 is 0 Å². The summed E-state index contributed by atoms with van der Waals surface area (Å²) in [5.41, 5.74) is 0.908. The second kappa shape index (κ2) is 3.19. The minimum Gasteiger partial charge on any atom is -0.292 e. The number of nitrogens with zero attached hydrogens (tertiary/aromatic N) is 2. The lowest BCUT2D eigenvalue weighted by atomic mass is 10.1. The summed E-state index contributed by atoms with van der Waals surface area (Å²) in [6, 6.07) is 2.27. The largest absolute Gasteiger partial charge is 0.292 e. The molecule has 0 aromatic heterocycles. The van der Waals surface area contributed by atoms with Crippen LogP contribution in [0.5, 0.6) is 0 Å². The summed E-state index contributed by atoms with van der Waals surface area (Å²) in [6.07, 6.45) is 1.04. The molecule has 0 bridgehead atoms. The van der Waals surface area contributed by atoms with Gasteiger partial charge in [-0.25, -0.2) is 0 Å². The van der Waals surface area contributed by atoms with E-state index in [2.05, 4.69) is 26.9 Å². The molecule has 1 aliphatic heterocycles. The first-order valence-corrected chi connectivity index (χ1v) is 4.17. The second-order valence-electron chi connectivity index (χ2n) is 2.31. The predicted molar refractivity (Wildman–Crippen MR) is 39.1 cm³/mol. The molecule has 0 amide bonds. The van der Waals surface area contributed by atoms with Crippen molar-refractivity contribution in [2.75, 3.05) is 18.5 Å². The fourth-order valence-corrected chi connectivity index (χ4v) is 1.50. The van der Waals surface area contributed by atoms with Crippen molar-refractivity contribution >= 4 is 15.9 Å². The first-order valence-electron chi connectivity index (χ1n) is 3.04. The van der Waals surface area contributed by atoms with E-state index in [-0.39, 0.29) is 5.92 Å². The molecule has 0 aliphatic carbocycles. The zero-order valence-electron chi connectivity index (χ0n) is 5.18. The standard InChI is InChI=1S/C6H9BrN2/c7-5-9-2-1-6(3-8)4-9/h6H,1-2,4-5H2/t6-/m1/s1. The first kappa shape index (κ1) is 7.04. The van der Waals surface area contributed by atoms with E-state index in [9.17, 15) is 0 Å². The number of likely N-dealkylation sites (tertiary alicyclic amines) is 1. The Kier molecular flexibility index (Phi) is 2.49. The van der Waals surface area contributed by atoms with Crippen molar-refractivity contribution < 1.29 is 0 Å². The number of rotatable bonds is 1. The predicted octanol–water partition coefficient (Wildman–Crippen LogP) is 1.18. The van der Waals surface area contributed by atoms with Gasteiger partial charge in [0.05, 0.1) is 17.4 Å². The Morgan fingerprint density at radius 1 is 1.78 bits per heavy atom. The van der Waals surface area contributed by atoms with Gasteiger partial charge in [-0.3, -0.25) is 4.90 Å². The minimum absolute atomic E-state index is 0.280. The lowest BCUT2D eigenvalue weighted by molar-refractivity contribution is 0.396. The lowest BCUT2D eigenvalue weighted by Crippen LogP contribution is -2.17. The Balaban J connectivity index is 2.31. The van der Waals surface area contributed by atoms with Crippen LogP contribution in [0.4, 0.5) is 0 Å². The Morgan fingerprint density at radius 3 is 2.89 bits per heavy atom. The molecule has 0 spiro atoms. The Morgan fingerprint density at radius 2 is 2.56 bits per heavy atom. The molecule has 9 heavy (non-hydrogen) atoms. The summed E-state index contributed by atoms with van der Waals surface area (Å²) in [6.45, 7) is 2.02. The van der Waals surface area contributed by atoms with E-state index < -0.39 is 0 Å². The number of hydrogen-bond acceptors (Lipinski definition) is 2. The zero-order chi connectivity index (χ0) is 6.69. The number of nitriles is 1. The van der Waals surface area contributed by atoms with Gasteiger partial charge < -0.3 is 0 Å². The molecule has 1 aliphatic rings. The number of halogens is 1. The van der Waals surface area contributed by atoms with Crippen molar-refractivity contribution in [3.63, 3.8) is 0 Å². The van der Waals surface area contributed by atoms with Crippen LogP contribution in [0.2, 0.25) is 0 Å². The van der Waals surface area contributed by atoms with Crippen LogP contribution in [0.1, 0.15) is 6.42 Å². The van der Waals surface area contributed by atoms with Crippen molar-refractivity contribution in [1.29, 1.82) is 5.26 Å². The van der Waals surface area contributed by atoms with Gasteiger partial charge in [0.2, 0.25) is 0 Å². The van der Waals surface area contributed by atoms with E-state index in [1.54, 1.807) is 0 Å². The molecule has 0 radical (unpaired) electrons. The molecule has 1 atom stereocenters. The molecule has 2 nitrogen and oxygen atoms in total. The maximum Gasteiger partial charge on any atom is 0.0669 e. The fraction of sp³-hybridized carbons (Fsp3) is 0.833. The SMILES string of the molecule is N#C[C@H]1CCN(CBr)C1. The topological polar surface area (TPSA) is 27.0 Å². The summed E-state index contributed by atoms with van der Waals surface area (Å²) in [5.74, 6) is 0.280. The molecule has 0 unspecified atom stereocenters. The average molecular weight is 189 g/mol. The van der Waals surface area contributed by atoms with E-state index in [0.29, 0.717) is 0 Å². The highest BCUT2D eigenvalue weighted by molar-refractivity contribution is 9.09. The van der Waals surface area contributed by atoms with Gasteiger partial charge in [0.15, 0.2) is 0 Å². The smallest absolute Gasteiger partial charge is 0.0669 e. The van der Waals surface area contributed by atoms with Crippen LogP contribution < -0.4 is 0 Å². The van der Waals surface area contributed by atoms with Crippen LogP contribution in [-0.4, -0.2) is 23.4 Å². The van der Waals surface area contributed by atoms with E-state index in [1.807, 2.05) is 0 Å². The molecule has 1 fully saturated rings. The highest BCUT2D eigenvalue weighted by atomic mass is 79.9. The third-order valence-electron chi connectivity index (χ3n) is 1.62. The van der Waals surface area contributed by atoms with Gasteiger partial charge in [-0.15, -0.1) is 0 Å². The minimum atomic E-state index is 0.280. The molecule has 3 heteroatoms. The van der Waals surface area contributed by atoms with Gasteiger partial charge in [0, 0.05) is 13.1 Å². The summed E-state index contributed by atoms with van der Waals surface area (Å²) >= 11 is 3.35. The molecular formula is C6H9BrN2. The molecule has 1 heterocycles. The second-order valence-corrected chi connectivity index (χ2v) is 2.81. The van der Waals surface area contributed by atoms with Gasteiger partial charge in [-0.1, -0.05) is 15.9 Å². The first-order chi connectivity index (χ1) is 4.36. The highest BCUT2D eigenvalue weighted by Crippen LogP contribution is 2.14. The van der Waals surface area contributed by atoms with E-state index in [0.717, 1.165) is 25.0 Å². The fourth-order valence-electron chi connectivity index (χ4n) is 1.05. The third kappa shape index (κ3) is 1.67. The summed E-state index contributed by atoms with van der Waals surface area (Å²) in [4.78, 5) is 2.23. The van der Waals surface area contributed by atoms with Crippen LogP contribution in [-0.2, 0) is 0 Å². The van der Waals surface area contributed by atoms with Crippen LogP contribution in [0.15, 0.2) is 0 Å². The summed E-state index contributed by atoms with van der Waals surface area (Å²) in [5, 5.41) is 8.49. The average Bonchev–Trinajstić information content (AvgIpc) is 2.34. The van der Waals surface area contributed by atoms with Crippen LogP contribution in [0.3, 0.4) is 0 Å². The van der Waals surface area contributed by atoms with Crippen molar-refractivity contribution in [2.45, 2.75) is 6.42 Å². The van der Waals surface area contributed by atoms with Crippen molar-refractivity contribution in [1.82, 2.24) is 4.90 Å². The maximum absolute atomic E-state index is 8.49. The molecule has 0 aromatic rings. The lowest BCUT2D eigenvalue weighted by Gasteiger charge is -2.07. The molecule has 0 saturated carbocycles. The third-order valence-corrected chi connectivity index (χ3v) is 2.33. The molecular weight excluding hydrogens is 180 g/mol. The van der Waals surface area contributed by atoms with E-state index in [1.165, 1.54) is 0 Å². The van der Waals surface area contributed by atoms with Gasteiger partial charge in [0.1, 0.15) is 0 Å². The quantitative estimate of drug-likeness (QED) is 0.457. The zero-order valence-corrected chi connectivity index (χ0v) is 6.76. The summed E-state index contributed by atoms with van der Waals surface area (Å²) in [7, 11) is 0. The molecule has 1 saturated heterocycles. The van der Waals surface area contributed by atoms with Crippen molar-refractivity contribution in [2.24, 2.45) is 5.92 Å². The highest BCUT2D eigenvalue weighted by Gasteiger charge is 2.20. The summed E-state index contributed by atoms with van der Waals surface area (Å²) < 4.78 is 0. The van der Waals surface area contributed by atoms with Crippen molar-refractivity contribution in [3.8, 4) is 6.07 Å². The van der Waals surface area contributed by atoms with E-state index in [4.69, 9.17) is 5.26 Å². The monoisotopic (exact) mass is 188 g/mol. The molecule has 50 valence electrons. The normalized spacial score (nSPS) is 28.2. The Bertz CT molecular complexity index is 130.